The zero-order valence-corrected chi connectivity index (χ0v) is 22.4. The number of carbonyl (C=O) groups excluding carboxylic acids is 2. The fourth-order valence-corrected chi connectivity index (χ4v) is 4.35. The number of nitrogens with one attached hydrogen (secondary N) is 2. The van der Waals surface area contributed by atoms with Crippen LogP contribution in [0.5, 0.6) is 11.5 Å². The molecule has 0 saturated heterocycles. The van der Waals surface area contributed by atoms with Crippen molar-refractivity contribution in [3.8, 4) is 11.5 Å². The molecule has 0 aliphatic carbocycles. The summed E-state index contributed by atoms with van der Waals surface area (Å²) < 4.78 is 36.2. The average molecular weight is 539 g/mol. The van der Waals surface area contributed by atoms with Gasteiger partial charge in [0.25, 0.3) is 11.8 Å². The molecule has 0 unspecified atom stereocenters. The Morgan fingerprint density at radius 2 is 1.53 bits per heavy atom. The van der Waals surface area contributed by atoms with Gasteiger partial charge in [0.05, 0.1) is 25.3 Å². The van der Waals surface area contributed by atoms with Gasteiger partial charge in [0.2, 0.25) is 10.0 Å². The van der Waals surface area contributed by atoms with E-state index in [0.29, 0.717) is 28.4 Å². The lowest BCUT2D eigenvalue weighted by atomic mass is 10.1. The summed E-state index contributed by atoms with van der Waals surface area (Å²) in [5.41, 5.74) is 5.83. The van der Waals surface area contributed by atoms with Crippen LogP contribution in [0, 0.1) is 13.8 Å². The lowest BCUT2D eigenvalue weighted by molar-refractivity contribution is -0.119. The lowest BCUT2D eigenvalue weighted by Gasteiger charge is -2.22. The Hall–Kier alpha value is -4.38. The van der Waals surface area contributed by atoms with Crippen molar-refractivity contribution in [2.24, 2.45) is 5.10 Å². The van der Waals surface area contributed by atoms with Crippen molar-refractivity contribution in [1.29, 1.82) is 0 Å². The summed E-state index contributed by atoms with van der Waals surface area (Å²) in [6.07, 6.45) is 2.47. The maximum absolute atomic E-state index is 12.4. The minimum absolute atomic E-state index is 0.174. The maximum atomic E-state index is 12.4. The summed E-state index contributed by atoms with van der Waals surface area (Å²) in [5.74, 6) is 0.269. The van der Waals surface area contributed by atoms with E-state index in [1.165, 1.54) is 6.21 Å². The second kappa shape index (κ2) is 12.7. The van der Waals surface area contributed by atoms with Crippen molar-refractivity contribution in [2.45, 2.75) is 13.8 Å². The summed E-state index contributed by atoms with van der Waals surface area (Å²) in [4.78, 5) is 24.5. The highest BCUT2D eigenvalue weighted by molar-refractivity contribution is 7.92. The highest BCUT2D eigenvalue weighted by Crippen LogP contribution is 2.21. The fourth-order valence-electron chi connectivity index (χ4n) is 3.51. The number of ether oxygens (including phenoxy) is 2. The predicted octanol–water partition coefficient (Wildman–Crippen LogP) is 3.25. The van der Waals surface area contributed by atoms with Crippen molar-refractivity contribution in [3.05, 3.63) is 83.4 Å². The molecule has 3 aromatic carbocycles. The Morgan fingerprint density at radius 3 is 2.11 bits per heavy atom. The Kier molecular flexibility index (Phi) is 9.44. The Morgan fingerprint density at radius 1 is 0.921 bits per heavy atom. The van der Waals surface area contributed by atoms with Crippen LogP contribution in [0.15, 0.2) is 71.8 Å². The second-order valence-corrected chi connectivity index (χ2v) is 10.4. The summed E-state index contributed by atoms with van der Waals surface area (Å²) in [7, 11) is -2.12. The molecule has 200 valence electrons. The van der Waals surface area contributed by atoms with E-state index in [9.17, 15) is 18.0 Å². The van der Waals surface area contributed by atoms with Crippen molar-refractivity contribution in [1.82, 2.24) is 5.43 Å². The van der Waals surface area contributed by atoms with Gasteiger partial charge in [-0.1, -0.05) is 6.07 Å². The van der Waals surface area contributed by atoms with Crippen molar-refractivity contribution in [2.75, 3.05) is 36.1 Å². The van der Waals surface area contributed by atoms with E-state index in [4.69, 9.17) is 9.47 Å². The zero-order valence-electron chi connectivity index (χ0n) is 21.6. The third-order valence-electron chi connectivity index (χ3n) is 5.21. The molecule has 3 rings (SSSR count). The minimum atomic E-state index is -3.69. The van der Waals surface area contributed by atoms with E-state index in [2.05, 4.69) is 15.8 Å². The quantitative estimate of drug-likeness (QED) is 0.285. The molecule has 38 heavy (non-hydrogen) atoms. The third-order valence-corrected chi connectivity index (χ3v) is 6.35. The van der Waals surface area contributed by atoms with Gasteiger partial charge in [-0.15, -0.1) is 0 Å². The smallest absolute Gasteiger partial charge is 0.262 e. The fraction of sp³-hybridized carbons (Fsp3) is 0.222. The van der Waals surface area contributed by atoms with Crippen LogP contribution in [0.4, 0.5) is 11.4 Å². The van der Waals surface area contributed by atoms with Gasteiger partial charge in [-0.25, -0.2) is 13.8 Å². The van der Waals surface area contributed by atoms with Gasteiger partial charge in [-0.2, -0.15) is 5.10 Å². The molecule has 0 aromatic heterocycles. The monoisotopic (exact) mass is 538 g/mol. The van der Waals surface area contributed by atoms with Gasteiger partial charge in [0.1, 0.15) is 18.0 Å². The highest BCUT2D eigenvalue weighted by atomic mass is 32.2. The molecule has 0 spiro atoms. The van der Waals surface area contributed by atoms with Crippen molar-refractivity contribution in [3.63, 3.8) is 0 Å². The first-order valence-electron chi connectivity index (χ1n) is 11.6. The number of anilines is 2. The maximum Gasteiger partial charge on any atom is 0.262 e. The molecule has 2 amide bonds. The molecule has 11 heteroatoms. The normalized spacial score (nSPS) is 11.2. The SMILES string of the molecule is COc1ccc(NC(=O)COc2ccc(/C=N\NC(=O)CN(c3cc(C)cc(C)c3)S(C)(=O)=O)cc2)cc1. The van der Waals surface area contributed by atoms with Gasteiger partial charge >= 0.3 is 0 Å². The number of rotatable bonds is 11. The molecule has 0 radical (unpaired) electrons. The molecule has 0 bridgehead atoms. The summed E-state index contributed by atoms with van der Waals surface area (Å²) in [6.45, 7) is 3.13. The molecule has 0 heterocycles. The van der Waals surface area contributed by atoms with Crippen LogP contribution in [0.2, 0.25) is 0 Å². The molecule has 0 fully saturated rings. The molecule has 10 nitrogen and oxygen atoms in total. The number of methoxy groups -OCH3 is 1. The number of hydrazone groups is 1. The summed E-state index contributed by atoms with van der Waals surface area (Å²) in [6, 6.07) is 19.0. The summed E-state index contributed by atoms with van der Waals surface area (Å²) >= 11 is 0. The van der Waals surface area contributed by atoms with Crippen molar-refractivity contribution < 1.29 is 27.5 Å². The highest BCUT2D eigenvalue weighted by Gasteiger charge is 2.21. The van der Waals surface area contributed by atoms with Crippen LogP contribution >= 0.6 is 0 Å². The minimum Gasteiger partial charge on any atom is -0.497 e. The number of hydrogen-bond donors (Lipinski definition) is 2. The van der Waals surface area contributed by atoms with E-state index < -0.39 is 22.5 Å². The van der Waals surface area contributed by atoms with Crippen LogP contribution in [0.3, 0.4) is 0 Å². The van der Waals surface area contributed by atoms with Gasteiger partial charge in [-0.3, -0.25) is 13.9 Å². The van der Waals surface area contributed by atoms with Crippen LogP contribution in [-0.2, 0) is 19.6 Å². The standard InChI is InChI=1S/C27H30N4O6S/c1-19-13-20(2)15-23(14-19)31(38(4,34)35)17-26(32)30-28-16-21-5-9-25(10-6-21)37-18-27(33)29-22-7-11-24(36-3)12-8-22/h5-16H,17-18H2,1-4H3,(H,29,33)(H,30,32)/b28-16-. The van der Waals surface area contributed by atoms with E-state index >= 15 is 0 Å². The molecule has 2 N–H and O–H groups in total. The largest absolute Gasteiger partial charge is 0.497 e. The van der Waals surface area contributed by atoms with Gasteiger partial charge in [-0.05, 0) is 91.2 Å². The van der Waals surface area contributed by atoms with Gasteiger partial charge in [0.15, 0.2) is 6.61 Å². The van der Waals surface area contributed by atoms with Gasteiger partial charge in [0, 0.05) is 5.69 Å². The first-order valence-corrected chi connectivity index (χ1v) is 13.4. The Labute approximate surface area is 222 Å². The Bertz CT molecular complexity index is 1380. The van der Waals surface area contributed by atoms with E-state index in [0.717, 1.165) is 21.7 Å². The number of amides is 2. The number of benzene rings is 3. The molecular weight excluding hydrogens is 508 g/mol. The first-order chi connectivity index (χ1) is 18.0. The van der Waals surface area contributed by atoms with Crippen LogP contribution in [-0.4, -0.2) is 53.0 Å². The molecule has 0 aliphatic heterocycles. The third kappa shape index (κ3) is 8.63. The van der Waals surface area contributed by atoms with E-state index in [-0.39, 0.29) is 12.5 Å². The summed E-state index contributed by atoms with van der Waals surface area (Å²) in [5, 5.41) is 6.64. The molecule has 3 aromatic rings. The molecular formula is C27H30N4O6S. The zero-order chi connectivity index (χ0) is 27.7. The average Bonchev–Trinajstić information content (AvgIpc) is 2.86. The number of sulfonamides is 1. The van der Waals surface area contributed by atoms with E-state index in [1.807, 2.05) is 19.9 Å². The Balaban J connectivity index is 1.50. The molecule has 0 aliphatic rings. The topological polar surface area (TPSA) is 126 Å². The van der Waals surface area contributed by atoms with Crippen LogP contribution in [0.1, 0.15) is 16.7 Å². The second-order valence-electron chi connectivity index (χ2n) is 8.54. The van der Waals surface area contributed by atoms with Crippen molar-refractivity contribution >= 4 is 39.4 Å². The van der Waals surface area contributed by atoms with Crippen LogP contribution < -0.4 is 24.5 Å². The van der Waals surface area contributed by atoms with Crippen LogP contribution in [0.25, 0.3) is 0 Å². The first kappa shape index (κ1) is 28.2. The number of hydrogen-bond acceptors (Lipinski definition) is 7. The molecule has 0 saturated carbocycles. The number of aryl methyl sites for hydroxylation is 2. The number of carbonyl (C=O) groups is 2. The van der Waals surface area contributed by atoms with E-state index in [1.54, 1.807) is 67.8 Å². The lowest BCUT2D eigenvalue weighted by Crippen LogP contribution is -2.39. The predicted molar refractivity (Wildman–Crippen MR) is 147 cm³/mol. The van der Waals surface area contributed by atoms with Gasteiger partial charge < -0.3 is 14.8 Å². The number of nitrogens with zero attached hydrogens (tertiary/aromatic N) is 2. The molecule has 0 atom stereocenters.